The molecule has 1 N–H and O–H groups in total. The second-order valence-corrected chi connectivity index (χ2v) is 6.23. The molecule has 0 spiro atoms. The van der Waals surface area contributed by atoms with Crippen molar-refractivity contribution in [2.24, 2.45) is 0 Å². The Hall–Kier alpha value is -1.56. The number of benzene rings is 1. The van der Waals surface area contributed by atoms with Crippen LogP contribution in [0.3, 0.4) is 0 Å². The highest BCUT2D eigenvalue weighted by Crippen LogP contribution is 2.26. The van der Waals surface area contributed by atoms with E-state index in [2.05, 4.69) is 32.0 Å². The molecule has 2 heterocycles. The number of piperazine rings is 1. The van der Waals surface area contributed by atoms with Crippen LogP contribution in [-0.2, 0) is 0 Å². The van der Waals surface area contributed by atoms with Crippen LogP contribution in [0, 0.1) is 0 Å². The third-order valence-corrected chi connectivity index (χ3v) is 4.70. The van der Waals surface area contributed by atoms with Gasteiger partial charge in [-0.15, -0.1) is 0 Å². The SMILES string of the molecule is CCN1CCN(c2ccnc(Nc3ccc(Cl)c(Cl)c3)n2)CC1. The molecule has 1 fully saturated rings. The number of hydrogen-bond donors (Lipinski definition) is 1. The van der Waals surface area contributed by atoms with E-state index in [1.165, 1.54) is 0 Å². The first kappa shape index (κ1) is 16.3. The van der Waals surface area contributed by atoms with Crippen molar-refractivity contribution in [2.75, 3.05) is 42.9 Å². The number of nitrogens with zero attached hydrogens (tertiary/aromatic N) is 4. The summed E-state index contributed by atoms with van der Waals surface area (Å²) in [6.07, 6.45) is 1.77. The minimum atomic E-state index is 0.503. The van der Waals surface area contributed by atoms with Gasteiger partial charge in [-0.05, 0) is 30.8 Å². The molecule has 0 saturated carbocycles. The van der Waals surface area contributed by atoms with Gasteiger partial charge >= 0.3 is 0 Å². The molecule has 23 heavy (non-hydrogen) atoms. The van der Waals surface area contributed by atoms with E-state index in [0.717, 1.165) is 44.2 Å². The molecule has 1 aliphatic heterocycles. The summed E-state index contributed by atoms with van der Waals surface area (Å²) in [6.45, 7) is 7.39. The van der Waals surface area contributed by atoms with Gasteiger partial charge in [-0.2, -0.15) is 4.98 Å². The molecule has 1 aromatic carbocycles. The second-order valence-electron chi connectivity index (χ2n) is 5.41. The lowest BCUT2D eigenvalue weighted by Gasteiger charge is -2.34. The van der Waals surface area contributed by atoms with Crippen molar-refractivity contribution in [1.82, 2.24) is 14.9 Å². The van der Waals surface area contributed by atoms with Gasteiger partial charge in [0.15, 0.2) is 0 Å². The van der Waals surface area contributed by atoms with Crippen LogP contribution >= 0.6 is 23.2 Å². The molecular formula is C16H19Cl2N5. The maximum atomic E-state index is 6.03. The van der Waals surface area contributed by atoms with Gasteiger partial charge < -0.3 is 15.1 Å². The van der Waals surface area contributed by atoms with E-state index in [9.17, 15) is 0 Å². The smallest absolute Gasteiger partial charge is 0.229 e. The fraction of sp³-hybridized carbons (Fsp3) is 0.375. The fourth-order valence-corrected chi connectivity index (χ4v) is 2.88. The highest BCUT2D eigenvalue weighted by Gasteiger charge is 2.17. The number of rotatable bonds is 4. The molecule has 1 aromatic heterocycles. The van der Waals surface area contributed by atoms with E-state index >= 15 is 0 Å². The van der Waals surface area contributed by atoms with Gasteiger partial charge in [-0.25, -0.2) is 4.98 Å². The molecule has 7 heteroatoms. The Morgan fingerprint density at radius 3 is 2.57 bits per heavy atom. The third kappa shape index (κ3) is 4.05. The van der Waals surface area contributed by atoms with Gasteiger partial charge in [0.1, 0.15) is 5.82 Å². The van der Waals surface area contributed by atoms with Crippen LogP contribution < -0.4 is 10.2 Å². The largest absolute Gasteiger partial charge is 0.354 e. The van der Waals surface area contributed by atoms with Gasteiger partial charge in [0, 0.05) is 38.1 Å². The van der Waals surface area contributed by atoms with E-state index in [4.69, 9.17) is 23.2 Å². The lowest BCUT2D eigenvalue weighted by molar-refractivity contribution is 0.270. The van der Waals surface area contributed by atoms with Crippen LogP contribution in [0.25, 0.3) is 0 Å². The lowest BCUT2D eigenvalue weighted by Crippen LogP contribution is -2.46. The Kier molecular flexibility index (Phi) is 5.20. The fourth-order valence-electron chi connectivity index (χ4n) is 2.58. The summed E-state index contributed by atoms with van der Waals surface area (Å²) in [7, 11) is 0. The number of hydrogen-bond acceptors (Lipinski definition) is 5. The van der Waals surface area contributed by atoms with Crippen LogP contribution in [0.5, 0.6) is 0 Å². The van der Waals surface area contributed by atoms with Crippen molar-refractivity contribution in [3.63, 3.8) is 0 Å². The first-order valence-corrected chi connectivity index (χ1v) is 8.43. The molecule has 0 aliphatic carbocycles. The van der Waals surface area contributed by atoms with E-state index in [1.807, 2.05) is 12.1 Å². The minimum Gasteiger partial charge on any atom is -0.354 e. The summed E-state index contributed by atoms with van der Waals surface area (Å²) >= 11 is 12.0. The summed E-state index contributed by atoms with van der Waals surface area (Å²) < 4.78 is 0. The van der Waals surface area contributed by atoms with Crippen molar-refractivity contribution >= 4 is 40.7 Å². The zero-order valence-electron chi connectivity index (χ0n) is 13.0. The summed E-state index contributed by atoms with van der Waals surface area (Å²) in [5, 5.41) is 4.20. The highest BCUT2D eigenvalue weighted by molar-refractivity contribution is 6.42. The van der Waals surface area contributed by atoms with Crippen molar-refractivity contribution in [3.8, 4) is 0 Å². The molecule has 122 valence electrons. The highest BCUT2D eigenvalue weighted by atomic mass is 35.5. The normalized spacial score (nSPS) is 15.7. The van der Waals surface area contributed by atoms with Crippen molar-refractivity contribution in [3.05, 3.63) is 40.5 Å². The minimum absolute atomic E-state index is 0.503. The topological polar surface area (TPSA) is 44.3 Å². The standard InChI is InChI=1S/C16H19Cl2N5/c1-2-22-7-9-23(10-8-22)15-5-6-19-16(21-15)20-12-3-4-13(17)14(18)11-12/h3-6,11H,2,7-10H2,1H3,(H,19,20,21). The van der Waals surface area contributed by atoms with Crippen LogP contribution in [0.1, 0.15) is 6.92 Å². The first-order chi connectivity index (χ1) is 11.2. The molecule has 2 aromatic rings. The number of anilines is 3. The molecule has 0 atom stereocenters. The van der Waals surface area contributed by atoms with Crippen LogP contribution in [0.2, 0.25) is 10.0 Å². The zero-order chi connectivity index (χ0) is 16.2. The van der Waals surface area contributed by atoms with Gasteiger partial charge in [0.25, 0.3) is 0 Å². The van der Waals surface area contributed by atoms with Crippen LogP contribution in [-0.4, -0.2) is 47.6 Å². The van der Waals surface area contributed by atoms with Crippen LogP contribution in [0.4, 0.5) is 17.5 Å². The molecule has 1 saturated heterocycles. The Morgan fingerprint density at radius 2 is 1.87 bits per heavy atom. The molecule has 0 amide bonds. The lowest BCUT2D eigenvalue weighted by atomic mass is 10.3. The summed E-state index contributed by atoms with van der Waals surface area (Å²) in [4.78, 5) is 13.6. The number of likely N-dealkylation sites (N-methyl/N-ethyl adjacent to an activating group) is 1. The van der Waals surface area contributed by atoms with Gasteiger partial charge in [-0.1, -0.05) is 30.1 Å². The molecule has 0 unspecified atom stereocenters. The van der Waals surface area contributed by atoms with E-state index in [1.54, 1.807) is 18.3 Å². The van der Waals surface area contributed by atoms with Gasteiger partial charge in [-0.3, -0.25) is 0 Å². The molecule has 0 bridgehead atoms. The molecule has 0 radical (unpaired) electrons. The van der Waals surface area contributed by atoms with Crippen LogP contribution in [0.15, 0.2) is 30.5 Å². The van der Waals surface area contributed by atoms with E-state index in [0.29, 0.717) is 16.0 Å². The van der Waals surface area contributed by atoms with Crippen molar-refractivity contribution in [2.45, 2.75) is 6.92 Å². The molecule has 3 rings (SSSR count). The molecule has 1 aliphatic rings. The predicted octanol–water partition coefficient (Wildman–Crippen LogP) is 3.67. The maximum Gasteiger partial charge on any atom is 0.229 e. The Labute approximate surface area is 146 Å². The number of halogens is 2. The average Bonchev–Trinajstić information content (AvgIpc) is 2.58. The monoisotopic (exact) mass is 351 g/mol. The third-order valence-electron chi connectivity index (χ3n) is 3.96. The predicted molar refractivity (Wildman–Crippen MR) is 96.1 cm³/mol. The van der Waals surface area contributed by atoms with E-state index in [-0.39, 0.29) is 0 Å². The number of nitrogens with one attached hydrogen (secondary N) is 1. The zero-order valence-corrected chi connectivity index (χ0v) is 14.5. The molecule has 5 nitrogen and oxygen atoms in total. The van der Waals surface area contributed by atoms with Gasteiger partial charge in [0.05, 0.1) is 10.0 Å². The maximum absolute atomic E-state index is 6.03. The Bertz CT molecular complexity index is 671. The average molecular weight is 352 g/mol. The van der Waals surface area contributed by atoms with Gasteiger partial charge in [0.2, 0.25) is 5.95 Å². The van der Waals surface area contributed by atoms with Crippen molar-refractivity contribution < 1.29 is 0 Å². The summed E-state index contributed by atoms with van der Waals surface area (Å²) in [5.74, 6) is 1.50. The Balaban J connectivity index is 1.71. The first-order valence-electron chi connectivity index (χ1n) is 7.68. The Morgan fingerprint density at radius 1 is 1.09 bits per heavy atom. The summed E-state index contributed by atoms with van der Waals surface area (Å²) in [6, 6.07) is 7.31. The second kappa shape index (κ2) is 7.34. The number of aromatic nitrogens is 2. The van der Waals surface area contributed by atoms with E-state index < -0.39 is 0 Å². The quantitative estimate of drug-likeness (QED) is 0.910. The molecular weight excluding hydrogens is 333 g/mol. The van der Waals surface area contributed by atoms with Crippen molar-refractivity contribution in [1.29, 1.82) is 0 Å². The summed E-state index contributed by atoms with van der Waals surface area (Å²) in [5.41, 5.74) is 0.812.